The van der Waals surface area contributed by atoms with Crippen LogP contribution in [-0.4, -0.2) is 23.5 Å². The van der Waals surface area contributed by atoms with Crippen molar-refractivity contribution in [2.24, 2.45) is 0 Å². The quantitative estimate of drug-likeness (QED) is 0.910. The molecule has 3 rings (SSSR count). The van der Waals surface area contributed by atoms with E-state index < -0.39 is 0 Å². The average molecular weight is 297 g/mol. The first kappa shape index (κ1) is 14.5. The molecule has 5 nitrogen and oxygen atoms in total. The molecule has 2 N–H and O–H groups in total. The predicted molar refractivity (Wildman–Crippen MR) is 85.0 cm³/mol. The van der Waals surface area contributed by atoms with E-state index in [9.17, 15) is 4.79 Å². The third-order valence-corrected chi connectivity index (χ3v) is 3.63. The summed E-state index contributed by atoms with van der Waals surface area (Å²) in [5.74, 6) is 1.49. The van der Waals surface area contributed by atoms with Crippen LogP contribution in [0.3, 0.4) is 0 Å². The van der Waals surface area contributed by atoms with Gasteiger partial charge in [0, 0.05) is 18.1 Å². The number of nitrogens with one attached hydrogen (secondary N) is 2. The zero-order chi connectivity index (χ0) is 15.2. The summed E-state index contributed by atoms with van der Waals surface area (Å²) < 4.78 is 5.69. The van der Waals surface area contributed by atoms with Crippen LogP contribution < -0.4 is 15.4 Å². The van der Waals surface area contributed by atoms with E-state index in [-0.39, 0.29) is 11.9 Å². The third-order valence-electron chi connectivity index (χ3n) is 3.63. The van der Waals surface area contributed by atoms with Crippen molar-refractivity contribution in [1.82, 2.24) is 10.3 Å². The molecule has 5 heteroatoms. The van der Waals surface area contributed by atoms with Crippen molar-refractivity contribution < 1.29 is 9.53 Å². The molecular formula is C17H19N3O2. The second kappa shape index (κ2) is 7.04. The van der Waals surface area contributed by atoms with Crippen LogP contribution in [0.15, 0.2) is 48.8 Å². The fraction of sp³-hybridized carbons (Fsp3) is 0.294. The molecule has 1 saturated heterocycles. The van der Waals surface area contributed by atoms with Gasteiger partial charge in [-0.15, -0.1) is 0 Å². The Morgan fingerprint density at radius 2 is 1.82 bits per heavy atom. The van der Waals surface area contributed by atoms with Crippen LogP contribution >= 0.6 is 0 Å². The second-order valence-electron chi connectivity index (χ2n) is 5.30. The van der Waals surface area contributed by atoms with Crippen molar-refractivity contribution in [3.8, 4) is 11.5 Å². The Hall–Kier alpha value is -2.40. The minimum absolute atomic E-state index is 0.0301. The smallest absolute Gasteiger partial charge is 0.241 e. The molecule has 1 aromatic carbocycles. The van der Waals surface area contributed by atoms with Gasteiger partial charge in [-0.1, -0.05) is 6.42 Å². The molecule has 0 spiro atoms. The molecule has 1 aliphatic heterocycles. The maximum Gasteiger partial charge on any atom is 0.241 e. The summed E-state index contributed by atoms with van der Waals surface area (Å²) >= 11 is 0. The van der Waals surface area contributed by atoms with Gasteiger partial charge in [-0.05, 0) is 55.8 Å². The van der Waals surface area contributed by atoms with Gasteiger partial charge in [0.15, 0.2) is 0 Å². The Labute approximate surface area is 129 Å². The van der Waals surface area contributed by atoms with Gasteiger partial charge in [-0.2, -0.15) is 0 Å². The lowest BCUT2D eigenvalue weighted by molar-refractivity contribution is -0.118. The summed E-state index contributed by atoms with van der Waals surface area (Å²) in [6.45, 7) is 0.913. The van der Waals surface area contributed by atoms with Gasteiger partial charge < -0.3 is 15.4 Å². The van der Waals surface area contributed by atoms with Gasteiger partial charge in [-0.25, -0.2) is 0 Å². The van der Waals surface area contributed by atoms with Gasteiger partial charge in [0.2, 0.25) is 5.91 Å². The van der Waals surface area contributed by atoms with E-state index in [0.717, 1.165) is 43.0 Å². The lowest BCUT2D eigenvalue weighted by Crippen LogP contribution is -2.43. The fourth-order valence-electron chi connectivity index (χ4n) is 2.45. The van der Waals surface area contributed by atoms with Gasteiger partial charge in [-0.3, -0.25) is 9.78 Å². The van der Waals surface area contributed by atoms with Crippen molar-refractivity contribution in [1.29, 1.82) is 0 Å². The molecule has 2 aromatic rings. The molecule has 0 radical (unpaired) electrons. The molecule has 1 amide bonds. The highest BCUT2D eigenvalue weighted by molar-refractivity contribution is 5.94. The van der Waals surface area contributed by atoms with Gasteiger partial charge in [0.05, 0.1) is 6.04 Å². The molecule has 2 heterocycles. The average Bonchev–Trinajstić information content (AvgIpc) is 2.58. The standard InChI is InChI=1S/C17H19N3O2/c21-17(16-3-1-2-10-19-16)20-13-4-6-14(7-5-13)22-15-8-11-18-12-9-15/h4-9,11-12,16,19H,1-3,10H2,(H,20,21)/t16-/m1/s1. The van der Waals surface area contributed by atoms with Crippen LogP contribution in [0, 0.1) is 0 Å². The van der Waals surface area contributed by atoms with Crippen LogP contribution in [0.2, 0.25) is 0 Å². The number of piperidine rings is 1. The predicted octanol–water partition coefficient (Wildman–Crippen LogP) is 2.95. The van der Waals surface area contributed by atoms with Crippen molar-refractivity contribution in [2.45, 2.75) is 25.3 Å². The molecule has 0 bridgehead atoms. The molecule has 22 heavy (non-hydrogen) atoms. The van der Waals surface area contributed by atoms with Gasteiger partial charge in [0.1, 0.15) is 11.5 Å². The highest BCUT2D eigenvalue weighted by atomic mass is 16.5. The molecule has 1 fully saturated rings. The second-order valence-corrected chi connectivity index (χ2v) is 5.30. The Morgan fingerprint density at radius 1 is 1.09 bits per heavy atom. The molecule has 0 aliphatic carbocycles. The lowest BCUT2D eigenvalue weighted by Gasteiger charge is -2.22. The molecule has 1 atom stereocenters. The van der Waals surface area contributed by atoms with Gasteiger partial charge in [0.25, 0.3) is 0 Å². The molecule has 0 saturated carbocycles. The van der Waals surface area contributed by atoms with Crippen LogP contribution in [0.1, 0.15) is 19.3 Å². The summed E-state index contributed by atoms with van der Waals surface area (Å²) in [6, 6.07) is 10.9. The number of hydrogen-bond acceptors (Lipinski definition) is 4. The molecule has 1 aliphatic rings. The maximum absolute atomic E-state index is 12.1. The van der Waals surface area contributed by atoms with Crippen molar-refractivity contribution in [3.05, 3.63) is 48.8 Å². The Balaban J connectivity index is 1.58. The number of hydrogen-bond donors (Lipinski definition) is 2. The number of carbonyl (C=O) groups is 1. The lowest BCUT2D eigenvalue weighted by atomic mass is 10.0. The Bertz CT molecular complexity index is 608. The third kappa shape index (κ3) is 3.83. The zero-order valence-electron chi connectivity index (χ0n) is 12.3. The van der Waals surface area contributed by atoms with E-state index in [1.54, 1.807) is 24.5 Å². The van der Waals surface area contributed by atoms with E-state index in [1.807, 2.05) is 24.3 Å². The number of aromatic nitrogens is 1. The van der Waals surface area contributed by atoms with E-state index in [1.165, 1.54) is 0 Å². The van der Waals surface area contributed by atoms with Crippen molar-refractivity contribution >= 4 is 11.6 Å². The Kier molecular flexibility index (Phi) is 4.65. The molecular weight excluding hydrogens is 278 g/mol. The normalized spacial score (nSPS) is 17.7. The number of pyridine rings is 1. The summed E-state index contributed by atoms with van der Waals surface area (Å²) in [4.78, 5) is 16.1. The first-order valence-electron chi connectivity index (χ1n) is 7.53. The number of benzene rings is 1. The number of amides is 1. The highest BCUT2D eigenvalue weighted by Crippen LogP contribution is 2.22. The minimum Gasteiger partial charge on any atom is -0.457 e. The summed E-state index contributed by atoms with van der Waals surface area (Å²) in [5.41, 5.74) is 0.777. The van der Waals surface area contributed by atoms with E-state index in [0.29, 0.717) is 0 Å². The molecule has 1 aromatic heterocycles. The number of rotatable bonds is 4. The monoisotopic (exact) mass is 297 g/mol. The largest absolute Gasteiger partial charge is 0.457 e. The highest BCUT2D eigenvalue weighted by Gasteiger charge is 2.20. The number of ether oxygens (including phenoxy) is 1. The Morgan fingerprint density at radius 3 is 2.50 bits per heavy atom. The summed E-state index contributed by atoms with van der Waals surface area (Å²) in [5, 5.41) is 6.18. The van der Waals surface area contributed by atoms with Crippen LogP contribution in [0.5, 0.6) is 11.5 Å². The fourth-order valence-corrected chi connectivity index (χ4v) is 2.45. The first-order valence-corrected chi connectivity index (χ1v) is 7.53. The van der Waals surface area contributed by atoms with Crippen LogP contribution in [-0.2, 0) is 4.79 Å². The number of nitrogens with zero attached hydrogens (tertiary/aromatic N) is 1. The number of carbonyl (C=O) groups excluding carboxylic acids is 1. The summed E-state index contributed by atoms with van der Waals surface area (Å²) in [7, 11) is 0. The van der Waals surface area contributed by atoms with E-state index >= 15 is 0 Å². The maximum atomic E-state index is 12.1. The van der Waals surface area contributed by atoms with E-state index in [4.69, 9.17) is 4.74 Å². The van der Waals surface area contributed by atoms with Crippen LogP contribution in [0.25, 0.3) is 0 Å². The minimum atomic E-state index is -0.0819. The summed E-state index contributed by atoms with van der Waals surface area (Å²) in [6.07, 6.45) is 6.51. The molecule has 114 valence electrons. The van der Waals surface area contributed by atoms with E-state index in [2.05, 4.69) is 15.6 Å². The van der Waals surface area contributed by atoms with Crippen molar-refractivity contribution in [3.63, 3.8) is 0 Å². The van der Waals surface area contributed by atoms with Gasteiger partial charge >= 0.3 is 0 Å². The molecule has 0 unspecified atom stereocenters. The van der Waals surface area contributed by atoms with Crippen LogP contribution in [0.4, 0.5) is 5.69 Å². The first-order chi connectivity index (χ1) is 10.8. The van der Waals surface area contributed by atoms with Crippen molar-refractivity contribution in [2.75, 3.05) is 11.9 Å². The topological polar surface area (TPSA) is 63.2 Å². The SMILES string of the molecule is O=C(Nc1ccc(Oc2ccncc2)cc1)[C@H]1CCCCN1. The zero-order valence-corrected chi connectivity index (χ0v) is 12.3. The number of anilines is 1.